The molecule has 0 bridgehead atoms. The molecule has 1 amide bonds. The predicted molar refractivity (Wildman–Crippen MR) is 99.3 cm³/mol. The average Bonchev–Trinajstić information content (AvgIpc) is 3.09. The number of aliphatic hydroxyl groups is 1. The molecule has 2 saturated heterocycles. The van der Waals surface area contributed by atoms with Crippen LogP contribution in [-0.4, -0.2) is 70.6 Å². The molecule has 0 aromatic heterocycles. The van der Waals surface area contributed by atoms with Gasteiger partial charge in [-0.1, -0.05) is 30.3 Å². The van der Waals surface area contributed by atoms with Crippen LogP contribution in [0.2, 0.25) is 0 Å². The van der Waals surface area contributed by atoms with Crippen LogP contribution in [0.1, 0.15) is 24.8 Å². The van der Waals surface area contributed by atoms with Crippen molar-refractivity contribution >= 4 is 17.7 Å². The molecule has 132 valence electrons. The Morgan fingerprint density at radius 3 is 2.71 bits per heavy atom. The molecule has 5 heteroatoms. The van der Waals surface area contributed by atoms with E-state index in [9.17, 15) is 9.90 Å². The van der Waals surface area contributed by atoms with Gasteiger partial charge in [-0.2, -0.15) is 11.8 Å². The number of hydrogen-bond donors (Lipinski definition) is 1. The number of nitrogens with zero attached hydrogens (tertiary/aromatic N) is 2. The van der Waals surface area contributed by atoms with Gasteiger partial charge in [-0.25, -0.2) is 0 Å². The van der Waals surface area contributed by atoms with Gasteiger partial charge in [-0.05, 0) is 37.8 Å². The number of carbonyl (C=O) groups is 1. The summed E-state index contributed by atoms with van der Waals surface area (Å²) in [7, 11) is 0. The summed E-state index contributed by atoms with van der Waals surface area (Å²) < 4.78 is 0. The molecule has 2 aliphatic heterocycles. The van der Waals surface area contributed by atoms with Crippen molar-refractivity contribution in [3.8, 4) is 0 Å². The minimum Gasteiger partial charge on any atom is -0.392 e. The molecule has 2 fully saturated rings. The highest BCUT2D eigenvalue weighted by Crippen LogP contribution is 2.22. The van der Waals surface area contributed by atoms with Crippen molar-refractivity contribution in [2.75, 3.05) is 37.7 Å². The standard InChI is InChI=1S/C19H28N2O2S/c22-17(9-8-16-5-2-1-3-6-16)15-21-10-4-7-18(21)19(23)20-11-13-24-14-12-20/h1-3,5-6,17-18,22H,4,7-15H2/t17-,18-/m1/s1. The summed E-state index contributed by atoms with van der Waals surface area (Å²) in [5, 5.41) is 10.4. The lowest BCUT2D eigenvalue weighted by molar-refractivity contribution is -0.136. The van der Waals surface area contributed by atoms with Crippen LogP contribution >= 0.6 is 11.8 Å². The van der Waals surface area contributed by atoms with E-state index in [4.69, 9.17) is 0 Å². The Balaban J connectivity index is 1.48. The first-order valence-corrected chi connectivity index (χ1v) is 10.2. The summed E-state index contributed by atoms with van der Waals surface area (Å²) in [6, 6.07) is 10.3. The van der Waals surface area contributed by atoms with Gasteiger partial charge in [0, 0.05) is 31.1 Å². The summed E-state index contributed by atoms with van der Waals surface area (Å²) in [5.74, 6) is 2.39. The van der Waals surface area contributed by atoms with Gasteiger partial charge in [0.25, 0.3) is 0 Å². The number of rotatable bonds is 6. The fourth-order valence-corrected chi connectivity index (χ4v) is 4.56. The van der Waals surface area contributed by atoms with E-state index in [2.05, 4.69) is 17.0 Å². The van der Waals surface area contributed by atoms with Crippen LogP contribution in [0.15, 0.2) is 30.3 Å². The molecule has 2 atom stereocenters. The molecule has 2 aliphatic rings. The number of likely N-dealkylation sites (tertiary alicyclic amines) is 1. The smallest absolute Gasteiger partial charge is 0.239 e. The zero-order chi connectivity index (χ0) is 16.8. The zero-order valence-electron chi connectivity index (χ0n) is 14.3. The third kappa shape index (κ3) is 4.74. The van der Waals surface area contributed by atoms with Crippen LogP contribution in [0.25, 0.3) is 0 Å². The second kappa shape index (κ2) is 8.88. The van der Waals surface area contributed by atoms with Crippen molar-refractivity contribution in [1.29, 1.82) is 0 Å². The highest BCUT2D eigenvalue weighted by Gasteiger charge is 2.34. The molecule has 24 heavy (non-hydrogen) atoms. The molecule has 0 aliphatic carbocycles. The summed E-state index contributed by atoms with van der Waals surface area (Å²) in [6.45, 7) is 3.31. The maximum atomic E-state index is 12.8. The Kier molecular flexibility index (Phi) is 6.58. The Bertz CT molecular complexity index is 519. The first-order valence-electron chi connectivity index (χ1n) is 9.06. The normalized spacial score (nSPS) is 23.4. The van der Waals surface area contributed by atoms with E-state index >= 15 is 0 Å². The summed E-state index contributed by atoms with van der Waals surface area (Å²) in [6.07, 6.45) is 3.27. The lowest BCUT2D eigenvalue weighted by Crippen LogP contribution is -2.49. The second-order valence-corrected chi connectivity index (χ2v) is 7.99. The van der Waals surface area contributed by atoms with Gasteiger partial charge in [0.1, 0.15) is 0 Å². The van der Waals surface area contributed by atoms with Crippen LogP contribution in [0.4, 0.5) is 0 Å². The van der Waals surface area contributed by atoms with Crippen molar-refractivity contribution in [2.24, 2.45) is 0 Å². The lowest BCUT2D eigenvalue weighted by Gasteiger charge is -2.33. The van der Waals surface area contributed by atoms with Gasteiger partial charge in [0.05, 0.1) is 12.1 Å². The van der Waals surface area contributed by atoms with Crippen molar-refractivity contribution in [3.05, 3.63) is 35.9 Å². The number of hydrogen-bond acceptors (Lipinski definition) is 4. The van der Waals surface area contributed by atoms with E-state index in [0.29, 0.717) is 6.54 Å². The first kappa shape index (κ1) is 17.8. The van der Waals surface area contributed by atoms with Crippen LogP contribution in [0.5, 0.6) is 0 Å². The van der Waals surface area contributed by atoms with Crippen LogP contribution in [-0.2, 0) is 11.2 Å². The van der Waals surface area contributed by atoms with Gasteiger partial charge < -0.3 is 10.0 Å². The molecule has 1 N–H and O–H groups in total. The van der Waals surface area contributed by atoms with E-state index < -0.39 is 0 Å². The molecular formula is C19H28N2O2S. The second-order valence-electron chi connectivity index (χ2n) is 6.77. The minimum absolute atomic E-state index is 0.0144. The Labute approximate surface area is 149 Å². The highest BCUT2D eigenvalue weighted by atomic mass is 32.2. The van der Waals surface area contributed by atoms with Crippen molar-refractivity contribution in [1.82, 2.24) is 9.80 Å². The Morgan fingerprint density at radius 1 is 1.21 bits per heavy atom. The molecule has 1 aromatic rings. The van der Waals surface area contributed by atoms with E-state index in [1.54, 1.807) is 0 Å². The van der Waals surface area contributed by atoms with Gasteiger partial charge in [0.2, 0.25) is 5.91 Å². The molecule has 4 nitrogen and oxygen atoms in total. The SMILES string of the molecule is O=C([C@H]1CCCN1C[C@H](O)CCc1ccccc1)N1CCSCC1. The fourth-order valence-electron chi connectivity index (χ4n) is 3.66. The van der Waals surface area contributed by atoms with Crippen LogP contribution < -0.4 is 0 Å². The number of amides is 1. The molecule has 1 aromatic carbocycles. The summed E-state index contributed by atoms with van der Waals surface area (Å²) in [4.78, 5) is 17.0. The third-order valence-corrected chi connectivity index (χ3v) is 5.97. The van der Waals surface area contributed by atoms with Crippen LogP contribution in [0, 0.1) is 0 Å². The quantitative estimate of drug-likeness (QED) is 0.854. The fraction of sp³-hybridized carbons (Fsp3) is 0.632. The largest absolute Gasteiger partial charge is 0.392 e. The monoisotopic (exact) mass is 348 g/mol. The van der Waals surface area contributed by atoms with Crippen molar-refractivity contribution in [3.63, 3.8) is 0 Å². The number of benzene rings is 1. The molecule has 0 saturated carbocycles. The van der Waals surface area contributed by atoms with Gasteiger partial charge in [0.15, 0.2) is 0 Å². The number of aliphatic hydroxyl groups excluding tert-OH is 1. The number of carbonyl (C=O) groups excluding carboxylic acids is 1. The highest BCUT2D eigenvalue weighted by molar-refractivity contribution is 7.99. The molecule has 0 unspecified atom stereocenters. The minimum atomic E-state index is -0.365. The van der Waals surface area contributed by atoms with Crippen molar-refractivity contribution < 1.29 is 9.90 Å². The van der Waals surface area contributed by atoms with Gasteiger partial charge >= 0.3 is 0 Å². The van der Waals surface area contributed by atoms with E-state index in [1.165, 1.54) is 5.56 Å². The van der Waals surface area contributed by atoms with E-state index in [-0.39, 0.29) is 18.1 Å². The molecular weight excluding hydrogens is 320 g/mol. The van der Waals surface area contributed by atoms with Crippen LogP contribution in [0.3, 0.4) is 0 Å². The van der Waals surface area contributed by atoms with E-state index in [1.807, 2.05) is 34.9 Å². The molecule has 3 rings (SSSR count). The first-order chi connectivity index (χ1) is 11.7. The number of β-amino-alcohol motifs (C(OH)–C–C–N with tert-alkyl or cyclic N) is 1. The average molecular weight is 349 g/mol. The molecule has 0 radical (unpaired) electrons. The number of aryl methyl sites for hydroxylation is 1. The lowest BCUT2D eigenvalue weighted by atomic mass is 10.1. The Hall–Kier alpha value is -1.04. The van der Waals surface area contributed by atoms with E-state index in [0.717, 1.165) is 56.8 Å². The zero-order valence-corrected chi connectivity index (χ0v) is 15.1. The molecule has 2 heterocycles. The maximum Gasteiger partial charge on any atom is 0.239 e. The maximum absolute atomic E-state index is 12.8. The topological polar surface area (TPSA) is 43.8 Å². The Morgan fingerprint density at radius 2 is 1.96 bits per heavy atom. The summed E-state index contributed by atoms with van der Waals surface area (Å²) in [5.41, 5.74) is 1.26. The predicted octanol–water partition coefficient (Wildman–Crippen LogP) is 2.02. The summed E-state index contributed by atoms with van der Waals surface area (Å²) >= 11 is 1.93. The van der Waals surface area contributed by atoms with Gasteiger partial charge in [-0.15, -0.1) is 0 Å². The third-order valence-electron chi connectivity index (χ3n) is 5.03. The van der Waals surface area contributed by atoms with Gasteiger partial charge in [-0.3, -0.25) is 9.69 Å². The molecule has 0 spiro atoms. The number of thioether (sulfide) groups is 1. The van der Waals surface area contributed by atoms with Crippen molar-refractivity contribution in [2.45, 2.75) is 37.8 Å².